The first-order valence-corrected chi connectivity index (χ1v) is 11.2. The Morgan fingerprint density at radius 2 is 2.13 bits per heavy atom. The lowest BCUT2D eigenvalue weighted by Crippen LogP contribution is -2.25. The van der Waals surface area contributed by atoms with Crippen LogP contribution in [-0.4, -0.2) is 39.1 Å². The zero-order valence-corrected chi connectivity index (χ0v) is 18.2. The van der Waals surface area contributed by atoms with Gasteiger partial charge in [0.2, 0.25) is 5.91 Å². The van der Waals surface area contributed by atoms with E-state index in [0.717, 1.165) is 42.2 Å². The van der Waals surface area contributed by atoms with Crippen LogP contribution in [0.3, 0.4) is 0 Å². The van der Waals surface area contributed by atoms with Gasteiger partial charge in [-0.15, -0.1) is 10.2 Å². The van der Waals surface area contributed by atoms with Gasteiger partial charge in [0.05, 0.1) is 30.2 Å². The summed E-state index contributed by atoms with van der Waals surface area (Å²) in [6.45, 7) is 3.79. The zero-order valence-electron chi connectivity index (χ0n) is 16.6. The van der Waals surface area contributed by atoms with E-state index < -0.39 is 0 Å². The maximum atomic E-state index is 12.3. The van der Waals surface area contributed by atoms with Crippen molar-refractivity contribution in [1.82, 2.24) is 20.1 Å². The molecule has 1 fully saturated rings. The third-order valence-corrected chi connectivity index (χ3v) is 6.18. The standard InChI is InChI=1S/C21H23ClN4O3S/c1-14-18(8-10-28-14)20-24-25-21(26(20)12-17-3-2-9-29-17)30-13-19(27)23-11-15-4-6-16(22)7-5-15/h4-8,10,17H,2-3,9,11-13H2,1H3,(H,23,27). The van der Waals surface area contributed by atoms with Gasteiger partial charge < -0.3 is 14.5 Å². The van der Waals surface area contributed by atoms with Gasteiger partial charge in [-0.2, -0.15) is 0 Å². The molecule has 7 nitrogen and oxygen atoms in total. The Balaban J connectivity index is 1.42. The normalized spacial score (nSPS) is 16.1. The third-order valence-electron chi connectivity index (χ3n) is 4.96. The molecule has 0 radical (unpaired) electrons. The smallest absolute Gasteiger partial charge is 0.230 e. The number of nitrogens with zero attached hydrogens (tertiary/aromatic N) is 3. The van der Waals surface area contributed by atoms with Crippen molar-refractivity contribution < 1.29 is 13.9 Å². The molecule has 1 unspecified atom stereocenters. The molecule has 0 aliphatic carbocycles. The Morgan fingerprint density at radius 3 is 2.83 bits per heavy atom. The van der Waals surface area contributed by atoms with Crippen LogP contribution in [0.15, 0.2) is 46.2 Å². The van der Waals surface area contributed by atoms with Gasteiger partial charge in [0.1, 0.15) is 5.76 Å². The molecule has 3 aromatic rings. The number of aromatic nitrogens is 3. The summed E-state index contributed by atoms with van der Waals surface area (Å²) < 4.78 is 13.3. The summed E-state index contributed by atoms with van der Waals surface area (Å²) in [5.41, 5.74) is 1.90. The van der Waals surface area contributed by atoms with E-state index in [1.54, 1.807) is 6.26 Å². The predicted octanol–water partition coefficient (Wildman–Crippen LogP) is 4.09. The molecule has 9 heteroatoms. The molecular formula is C21H23ClN4O3S. The van der Waals surface area contributed by atoms with E-state index in [1.807, 2.05) is 41.8 Å². The number of carbonyl (C=O) groups is 1. The highest BCUT2D eigenvalue weighted by molar-refractivity contribution is 7.99. The van der Waals surface area contributed by atoms with Crippen LogP contribution in [-0.2, 0) is 22.6 Å². The molecule has 0 saturated carbocycles. The van der Waals surface area contributed by atoms with Gasteiger partial charge >= 0.3 is 0 Å². The van der Waals surface area contributed by atoms with Crippen LogP contribution in [0.1, 0.15) is 24.2 Å². The monoisotopic (exact) mass is 446 g/mol. The Hall–Kier alpha value is -2.29. The summed E-state index contributed by atoms with van der Waals surface area (Å²) in [5, 5.41) is 13.0. The van der Waals surface area contributed by atoms with E-state index in [-0.39, 0.29) is 17.8 Å². The van der Waals surface area contributed by atoms with Gasteiger partial charge in [-0.1, -0.05) is 35.5 Å². The van der Waals surface area contributed by atoms with Crippen molar-refractivity contribution in [1.29, 1.82) is 0 Å². The fraction of sp³-hybridized carbons (Fsp3) is 0.381. The van der Waals surface area contributed by atoms with E-state index in [9.17, 15) is 4.79 Å². The van der Waals surface area contributed by atoms with Crippen LogP contribution in [0, 0.1) is 6.92 Å². The first kappa shape index (κ1) is 21.0. The minimum Gasteiger partial charge on any atom is -0.469 e. The maximum absolute atomic E-state index is 12.3. The Bertz CT molecular complexity index is 996. The quantitative estimate of drug-likeness (QED) is 0.525. The summed E-state index contributed by atoms with van der Waals surface area (Å²) in [6.07, 6.45) is 3.84. The fourth-order valence-corrected chi connectivity index (χ4v) is 4.26. The van der Waals surface area contributed by atoms with E-state index in [4.69, 9.17) is 20.8 Å². The second-order valence-electron chi connectivity index (χ2n) is 7.13. The Labute approximate surface area is 184 Å². The van der Waals surface area contributed by atoms with E-state index in [2.05, 4.69) is 15.5 Å². The molecule has 2 aromatic heterocycles. The van der Waals surface area contributed by atoms with E-state index in [0.29, 0.717) is 23.3 Å². The minimum atomic E-state index is -0.0670. The van der Waals surface area contributed by atoms with Crippen LogP contribution < -0.4 is 5.32 Å². The second-order valence-corrected chi connectivity index (χ2v) is 8.51. The number of carbonyl (C=O) groups excluding carboxylic acids is 1. The van der Waals surface area contributed by atoms with Crippen LogP contribution in [0.5, 0.6) is 0 Å². The number of halogens is 1. The lowest BCUT2D eigenvalue weighted by molar-refractivity contribution is -0.118. The molecule has 1 aromatic carbocycles. The number of hydrogen-bond donors (Lipinski definition) is 1. The van der Waals surface area contributed by atoms with Crippen molar-refractivity contribution >= 4 is 29.3 Å². The number of aryl methyl sites for hydroxylation is 1. The largest absolute Gasteiger partial charge is 0.469 e. The van der Waals surface area contributed by atoms with Crippen LogP contribution in [0.25, 0.3) is 11.4 Å². The molecule has 0 spiro atoms. The number of furan rings is 1. The molecule has 0 bridgehead atoms. The third kappa shape index (κ3) is 5.06. The number of hydrogen-bond acceptors (Lipinski definition) is 6. The summed E-state index contributed by atoms with van der Waals surface area (Å²) in [5.74, 6) is 1.71. The number of thioether (sulfide) groups is 1. The highest BCUT2D eigenvalue weighted by Crippen LogP contribution is 2.28. The van der Waals surface area contributed by atoms with Crippen molar-refractivity contribution in [2.75, 3.05) is 12.4 Å². The highest BCUT2D eigenvalue weighted by atomic mass is 35.5. The molecule has 1 amide bonds. The molecule has 158 valence electrons. The van der Waals surface area contributed by atoms with Gasteiger partial charge in [-0.25, -0.2) is 0 Å². The van der Waals surface area contributed by atoms with E-state index in [1.165, 1.54) is 11.8 Å². The maximum Gasteiger partial charge on any atom is 0.230 e. The van der Waals surface area contributed by atoms with Crippen LogP contribution in [0.2, 0.25) is 5.02 Å². The molecule has 1 aliphatic rings. The summed E-state index contributed by atoms with van der Waals surface area (Å²) in [6, 6.07) is 9.30. The minimum absolute atomic E-state index is 0.0670. The van der Waals surface area contributed by atoms with Crippen molar-refractivity contribution in [2.45, 2.75) is 44.1 Å². The molecule has 30 heavy (non-hydrogen) atoms. The lowest BCUT2D eigenvalue weighted by atomic mass is 10.2. The molecule has 3 heterocycles. The van der Waals surface area contributed by atoms with Gasteiger partial charge in [0, 0.05) is 18.2 Å². The average Bonchev–Trinajstić information content (AvgIpc) is 3.48. The Morgan fingerprint density at radius 1 is 1.30 bits per heavy atom. The highest BCUT2D eigenvalue weighted by Gasteiger charge is 2.23. The average molecular weight is 447 g/mol. The Kier molecular flexibility index (Phi) is 6.76. The first-order valence-electron chi connectivity index (χ1n) is 9.83. The van der Waals surface area contributed by atoms with Gasteiger partial charge in [-0.3, -0.25) is 9.36 Å². The van der Waals surface area contributed by atoms with Crippen LogP contribution >= 0.6 is 23.4 Å². The number of benzene rings is 1. The van der Waals surface area contributed by atoms with Crippen molar-refractivity contribution in [3.63, 3.8) is 0 Å². The van der Waals surface area contributed by atoms with Crippen LogP contribution in [0.4, 0.5) is 0 Å². The SMILES string of the molecule is Cc1occc1-c1nnc(SCC(=O)NCc2ccc(Cl)cc2)n1CC1CCCO1. The summed E-state index contributed by atoms with van der Waals surface area (Å²) >= 11 is 7.27. The van der Waals surface area contributed by atoms with Gasteiger partial charge in [0.15, 0.2) is 11.0 Å². The van der Waals surface area contributed by atoms with Gasteiger partial charge in [0.25, 0.3) is 0 Å². The van der Waals surface area contributed by atoms with Crippen molar-refractivity contribution in [3.8, 4) is 11.4 Å². The number of nitrogens with one attached hydrogen (secondary N) is 1. The topological polar surface area (TPSA) is 82.2 Å². The fourth-order valence-electron chi connectivity index (χ4n) is 3.35. The predicted molar refractivity (Wildman–Crippen MR) is 115 cm³/mol. The van der Waals surface area contributed by atoms with Crippen molar-refractivity contribution in [3.05, 3.63) is 52.9 Å². The molecule has 4 rings (SSSR count). The van der Waals surface area contributed by atoms with E-state index >= 15 is 0 Å². The number of ether oxygens (including phenoxy) is 1. The van der Waals surface area contributed by atoms with Gasteiger partial charge in [-0.05, 0) is 43.5 Å². The van der Waals surface area contributed by atoms with Crippen molar-refractivity contribution in [2.24, 2.45) is 0 Å². The molecule has 1 atom stereocenters. The zero-order chi connectivity index (χ0) is 20.9. The first-order chi connectivity index (χ1) is 14.6. The molecular weight excluding hydrogens is 424 g/mol. The second kappa shape index (κ2) is 9.68. The molecule has 1 saturated heterocycles. The molecule has 1 aliphatic heterocycles. The number of rotatable bonds is 8. The molecule has 1 N–H and O–H groups in total. The lowest BCUT2D eigenvalue weighted by Gasteiger charge is -2.14. The summed E-state index contributed by atoms with van der Waals surface area (Å²) in [7, 11) is 0. The number of amides is 1. The summed E-state index contributed by atoms with van der Waals surface area (Å²) in [4.78, 5) is 12.3.